The highest BCUT2D eigenvalue weighted by Crippen LogP contribution is 2.19. The summed E-state index contributed by atoms with van der Waals surface area (Å²) in [5.41, 5.74) is 2.70. The lowest BCUT2D eigenvalue weighted by atomic mass is 10.1. The zero-order valence-electron chi connectivity index (χ0n) is 8.26. The van der Waals surface area contributed by atoms with Crippen LogP contribution >= 0.6 is 27.5 Å². The van der Waals surface area contributed by atoms with Gasteiger partial charge in [-0.2, -0.15) is 0 Å². The van der Waals surface area contributed by atoms with Crippen LogP contribution in [-0.4, -0.2) is 5.88 Å². The SMILES string of the molecule is CC(=CCCCl)Cc1ccccc1Br. The molecule has 1 aromatic carbocycles. The van der Waals surface area contributed by atoms with Crippen molar-refractivity contribution in [3.8, 4) is 0 Å². The molecule has 0 aliphatic carbocycles. The Kier molecular flexibility index (Phi) is 5.28. The van der Waals surface area contributed by atoms with Gasteiger partial charge in [-0.25, -0.2) is 0 Å². The molecule has 0 radical (unpaired) electrons. The normalized spacial score (nSPS) is 11.8. The Morgan fingerprint density at radius 2 is 2.14 bits per heavy atom. The molecule has 0 aromatic heterocycles. The van der Waals surface area contributed by atoms with Crippen LogP contribution in [0.5, 0.6) is 0 Å². The van der Waals surface area contributed by atoms with E-state index < -0.39 is 0 Å². The van der Waals surface area contributed by atoms with E-state index in [9.17, 15) is 0 Å². The monoisotopic (exact) mass is 272 g/mol. The first kappa shape index (κ1) is 11.8. The topological polar surface area (TPSA) is 0 Å². The van der Waals surface area contributed by atoms with Crippen molar-refractivity contribution in [3.05, 3.63) is 46.0 Å². The van der Waals surface area contributed by atoms with Crippen molar-refractivity contribution in [2.24, 2.45) is 0 Å². The summed E-state index contributed by atoms with van der Waals surface area (Å²) >= 11 is 9.17. The fourth-order valence-electron chi connectivity index (χ4n) is 1.32. The van der Waals surface area contributed by atoms with Gasteiger partial charge in [0.25, 0.3) is 0 Å². The Morgan fingerprint density at radius 1 is 1.43 bits per heavy atom. The molecule has 0 aliphatic heterocycles. The summed E-state index contributed by atoms with van der Waals surface area (Å²) in [5.74, 6) is 0.702. The zero-order chi connectivity index (χ0) is 10.4. The maximum atomic E-state index is 5.63. The largest absolute Gasteiger partial charge is 0.126 e. The van der Waals surface area contributed by atoms with Gasteiger partial charge in [-0.3, -0.25) is 0 Å². The van der Waals surface area contributed by atoms with Crippen molar-refractivity contribution in [1.29, 1.82) is 0 Å². The molecule has 0 bridgehead atoms. The van der Waals surface area contributed by atoms with E-state index in [-0.39, 0.29) is 0 Å². The van der Waals surface area contributed by atoms with Gasteiger partial charge in [-0.15, -0.1) is 11.6 Å². The Balaban J connectivity index is 2.64. The average Bonchev–Trinajstić information content (AvgIpc) is 2.18. The van der Waals surface area contributed by atoms with Gasteiger partial charge in [0.1, 0.15) is 0 Å². The number of hydrogen-bond acceptors (Lipinski definition) is 0. The van der Waals surface area contributed by atoms with Crippen molar-refractivity contribution >= 4 is 27.5 Å². The van der Waals surface area contributed by atoms with Gasteiger partial charge in [-0.05, 0) is 31.4 Å². The lowest BCUT2D eigenvalue weighted by Gasteiger charge is -2.04. The summed E-state index contributed by atoms with van der Waals surface area (Å²) in [6.07, 6.45) is 4.16. The van der Waals surface area contributed by atoms with Crippen molar-refractivity contribution in [2.45, 2.75) is 19.8 Å². The van der Waals surface area contributed by atoms with Crippen molar-refractivity contribution in [3.63, 3.8) is 0 Å². The molecule has 0 N–H and O–H groups in total. The molecule has 0 heterocycles. The van der Waals surface area contributed by atoms with Crippen molar-refractivity contribution < 1.29 is 0 Å². The minimum absolute atomic E-state index is 0.702. The molecule has 76 valence electrons. The highest BCUT2D eigenvalue weighted by Gasteiger charge is 1.98. The molecule has 0 aliphatic rings. The molecule has 0 amide bonds. The van der Waals surface area contributed by atoms with Crippen LogP contribution in [-0.2, 0) is 6.42 Å². The molecule has 0 unspecified atom stereocenters. The quantitative estimate of drug-likeness (QED) is 0.557. The minimum Gasteiger partial charge on any atom is -0.126 e. The van der Waals surface area contributed by atoms with E-state index in [0.29, 0.717) is 5.88 Å². The molecule has 2 heteroatoms. The minimum atomic E-state index is 0.702. The highest BCUT2D eigenvalue weighted by atomic mass is 79.9. The summed E-state index contributed by atoms with van der Waals surface area (Å²) in [5, 5.41) is 0. The number of allylic oxidation sites excluding steroid dienone is 2. The molecular formula is C12H14BrCl. The third kappa shape index (κ3) is 3.85. The van der Waals surface area contributed by atoms with Gasteiger partial charge in [0.2, 0.25) is 0 Å². The maximum absolute atomic E-state index is 5.63. The van der Waals surface area contributed by atoms with E-state index in [1.165, 1.54) is 15.6 Å². The fraction of sp³-hybridized carbons (Fsp3) is 0.333. The Hall–Kier alpha value is -0.270. The molecular weight excluding hydrogens is 259 g/mol. The van der Waals surface area contributed by atoms with E-state index in [0.717, 1.165) is 12.8 Å². The zero-order valence-corrected chi connectivity index (χ0v) is 10.6. The lowest BCUT2D eigenvalue weighted by Crippen LogP contribution is -1.88. The summed E-state index contributed by atoms with van der Waals surface area (Å²) in [7, 11) is 0. The van der Waals surface area contributed by atoms with Crippen LogP contribution < -0.4 is 0 Å². The highest BCUT2D eigenvalue weighted by molar-refractivity contribution is 9.10. The second kappa shape index (κ2) is 6.26. The summed E-state index contributed by atoms with van der Waals surface area (Å²) in [4.78, 5) is 0. The molecule has 1 aromatic rings. The first-order valence-electron chi connectivity index (χ1n) is 4.69. The number of halogens is 2. The van der Waals surface area contributed by atoms with Gasteiger partial charge in [0.15, 0.2) is 0 Å². The first-order chi connectivity index (χ1) is 6.74. The van der Waals surface area contributed by atoms with E-state index >= 15 is 0 Å². The second-order valence-electron chi connectivity index (χ2n) is 3.30. The molecule has 0 spiro atoms. The van der Waals surface area contributed by atoms with E-state index in [4.69, 9.17) is 11.6 Å². The second-order valence-corrected chi connectivity index (χ2v) is 4.53. The molecule has 0 saturated heterocycles. The number of hydrogen-bond donors (Lipinski definition) is 0. The summed E-state index contributed by atoms with van der Waals surface area (Å²) in [6.45, 7) is 2.14. The molecule has 0 fully saturated rings. The van der Waals surface area contributed by atoms with Crippen LogP contribution in [0.3, 0.4) is 0 Å². The van der Waals surface area contributed by atoms with Gasteiger partial charge in [0.05, 0.1) is 0 Å². The van der Waals surface area contributed by atoms with Crippen LogP contribution in [0.15, 0.2) is 40.4 Å². The smallest absolute Gasteiger partial charge is 0.0258 e. The molecule has 0 atom stereocenters. The third-order valence-corrected chi connectivity index (χ3v) is 3.02. The van der Waals surface area contributed by atoms with Crippen LogP contribution in [0.2, 0.25) is 0 Å². The molecule has 14 heavy (non-hydrogen) atoms. The van der Waals surface area contributed by atoms with E-state index in [1.807, 2.05) is 6.07 Å². The molecule has 0 saturated carbocycles. The Labute approximate surface area is 99.1 Å². The standard InChI is InChI=1S/C12H14BrCl/c1-10(5-4-8-14)9-11-6-2-3-7-12(11)13/h2-3,5-7H,4,8-9H2,1H3. The van der Waals surface area contributed by atoms with Gasteiger partial charge in [-0.1, -0.05) is 45.8 Å². The number of benzene rings is 1. The van der Waals surface area contributed by atoms with E-state index in [1.54, 1.807) is 0 Å². The van der Waals surface area contributed by atoms with Crippen LogP contribution in [0.25, 0.3) is 0 Å². The predicted molar refractivity (Wildman–Crippen MR) is 66.9 cm³/mol. The average molecular weight is 274 g/mol. The van der Waals surface area contributed by atoms with Crippen LogP contribution in [0.1, 0.15) is 18.9 Å². The Morgan fingerprint density at radius 3 is 2.79 bits per heavy atom. The van der Waals surface area contributed by atoms with Gasteiger partial charge >= 0.3 is 0 Å². The number of rotatable bonds is 4. The summed E-state index contributed by atoms with van der Waals surface area (Å²) in [6, 6.07) is 8.31. The predicted octanol–water partition coefficient (Wildman–Crippen LogP) is 4.57. The van der Waals surface area contributed by atoms with Crippen LogP contribution in [0.4, 0.5) is 0 Å². The molecule has 1 rings (SSSR count). The fourth-order valence-corrected chi connectivity index (χ4v) is 1.85. The maximum Gasteiger partial charge on any atom is 0.0258 e. The van der Waals surface area contributed by atoms with E-state index in [2.05, 4.69) is 47.1 Å². The molecule has 0 nitrogen and oxygen atoms in total. The first-order valence-corrected chi connectivity index (χ1v) is 6.02. The van der Waals surface area contributed by atoms with Crippen molar-refractivity contribution in [2.75, 3.05) is 5.88 Å². The number of alkyl halides is 1. The Bertz CT molecular complexity index is 318. The lowest BCUT2D eigenvalue weighted by molar-refractivity contribution is 1.08. The van der Waals surface area contributed by atoms with Gasteiger partial charge in [0, 0.05) is 10.4 Å². The van der Waals surface area contributed by atoms with Crippen LogP contribution in [0, 0.1) is 0 Å². The summed E-state index contributed by atoms with van der Waals surface area (Å²) < 4.78 is 1.18. The van der Waals surface area contributed by atoms with Crippen molar-refractivity contribution in [1.82, 2.24) is 0 Å². The third-order valence-electron chi connectivity index (χ3n) is 2.03. The van der Waals surface area contributed by atoms with Gasteiger partial charge < -0.3 is 0 Å².